The molecular formula is C12H18Cl2N2O2S. The fourth-order valence-corrected chi connectivity index (χ4v) is 2.65. The lowest BCUT2D eigenvalue weighted by atomic mass is 10.1. The van der Waals surface area contributed by atoms with E-state index in [2.05, 4.69) is 9.71 Å². The molecule has 0 unspecified atom stereocenters. The highest BCUT2D eigenvalue weighted by Gasteiger charge is 2.30. The molecule has 0 amide bonds. The number of nitrogens with zero attached hydrogens (tertiary/aromatic N) is 1. The highest BCUT2D eigenvalue weighted by atomic mass is 35.5. The molecule has 0 fully saturated rings. The molecule has 0 radical (unpaired) electrons. The number of aliphatic hydroxyl groups is 1. The first kappa shape index (κ1) is 17.0. The van der Waals surface area contributed by atoms with Gasteiger partial charge in [-0.05, 0) is 33.3 Å². The summed E-state index contributed by atoms with van der Waals surface area (Å²) < 4.78 is 14.7. The van der Waals surface area contributed by atoms with E-state index in [-0.39, 0.29) is 12.6 Å². The average molecular weight is 325 g/mol. The summed E-state index contributed by atoms with van der Waals surface area (Å²) in [6.07, 6.45) is 1.83. The molecule has 0 spiro atoms. The Morgan fingerprint density at radius 1 is 1.47 bits per heavy atom. The van der Waals surface area contributed by atoms with Crippen molar-refractivity contribution >= 4 is 34.6 Å². The third-order valence-electron chi connectivity index (χ3n) is 2.43. The standard InChI is InChI=1S/C12H18Cl2N2O2S/c1-12(2,3)19(18)16-10(4-5-17)9-6-8(13)7-15-11(9)14/h6-7,10,16-17H,4-5H2,1-3H3/t10-,19-/m0/s1. The van der Waals surface area contributed by atoms with Gasteiger partial charge in [0.15, 0.2) is 0 Å². The zero-order valence-electron chi connectivity index (χ0n) is 11.1. The number of rotatable bonds is 5. The summed E-state index contributed by atoms with van der Waals surface area (Å²) in [5.74, 6) is 0. The van der Waals surface area contributed by atoms with E-state index in [1.807, 2.05) is 20.8 Å². The van der Waals surface area contributed by atoms with Crippen LogP contribution in [0.3, 0.4) is 0 Å². The molecule has 7 heteroatoms. The van der Waals surface area contributed by atoms with Crippen molar-refractivity contribution in [2.24, 2.45) is 0 Å². The van der Waals surface area contributed by atoms with Crippen molar-refractivity contribution in [3.63, 3.8) is 0 Å². The predicted molar refractivity (Wildman–Crippen MR) is 79.7 cm³/mol. The van der Waals surface area contributed by atoms with Crippen LogP contribution in [0.1, 0.15) is 38.8 Å². The first-order valence-corrected chi connectivity index (χ1v) is 7.76. The van der Waals surface area contributed by atoms with Gasteiger partial charge in [0, 0.05) is 29.7 Å². The Morgan fingerprint density at radius 3 is 2.63 bits per heavy atom. The number of hydrogen-bond donors (Lipinski definition) is 2. The minimum atomic E-state index is -1.27. The molecule has 2 N–H and O–H groups in total. The summed E-state index contributed by atoms with van der Waals surface area (Å²) >= 11 is 10.7. The predicted octanol–water partition coefficient (Wildman–Crippen LogP) is 2.86. The first-order valence-electron chi connectivity index (χ1n) is 5.85. The number of pyridine rings is 1. The van der Waals surface area contributed by atoms with Gasteiger partial charge in [-0.25, -0.2) is 4.98 Å². The van der Waals surface area contributed by atoms with Gasteiger partial charge in [0.25, 0.3) is 0 Å². The van der Waals surface area contributed by atoms with E-state index < -0.39 is 16.1 Å². The van der Waals surface area contributed by atoms with Crippen molar-refractivity contribution in [1.29, 1.82) is 0 Å². The Labute approximate surface area is 126 Å². The monoisotopic (exact) mass is 324 g/mol. The van der Waals surface area contributed by atoms with Crippen LogP contribution in [0, 0.1) is 0 Å². The second kappa shape index (κ2) is 7.11. The van der Waals surface area contributed by atoms with Crippen LogP contribution in [-0.2, 0) is 11.4 Å². The highest BCUT2D eigenvalue weighted by Crippen LogP contribution is 2.28. The molecule has 1 aromatic rings. The van der Waals surface area contributed by atoms with E-state index in [0.717, 1.165) is 0 Å². The van der Waals surface area contributed by atoms with E-state index in [1.165, 1.54) is 6.20 Å². The van der Waals surface area contributed by atoms with Crippen LogP contribution in [0.25, 0.3) is 0 Å². The normalized spacial score (nSPS) is 15.3. The van der Waals surface area contributed by atoms with Crippen LogP contribution in [0.5, 0.6) is 0 Å². The second-order valence-corrected chi connectivity index (χ2v) is 7.89. The molecule has 0 aliphatic rings. The summed E-state index contributed by atoms with van der Waals surface area (Å²) in [7, 11) is 0. The van der Waals surface area contributed by atoms with Gasteiger partial charge in [0.05, 0.1) is 11.1 Å². The quantitative estimate of drug-likeness (QED) is 0.645. The largest absolute Gasteiger partial charge is 0.598 e. The lowest BCUT2D eigenvalue weighted by Gasteiger charge is -2.28. The topological polar surface area (TPSA) is 68.2 Å². The van der Waals surface area contributed by atoms with Gasteiger partial charge in [0.2, 0.25) is 0 Å². The number of hydrogen-bond acceptors (Lipinski definition) is 4. The molecule has 1 aromatic heterocycles. The molecule has 0 aromatic carbocycles. The molecule has 1 heterocycles. The summed E-state index contributed by atoms with van der Waals surface area (Å²) in [6.45, 7) is 5.54. The Bertz CT molecular complexity index is 427. The summed E-state index contributed by atoms with van der Waals surface area (Å²) in [4.78, 5) is 3.96. The Balaban J connectivity index is 2.97. The summed E-state index contributed by atoms with van der Waals surface area (Å²) in [5.41, 5.74) is 0.640. The zero-order valence-corrected chi connectivity index (χ0v) is 13.4. The van der Waals surface area contributed by atoms with Crippen molar-refractivity contribution in [3.8, 4) is 0 Å². The number of nitrogens with one attached hydrogen (secondary N) is 1. The van der Waals surface area contributed by atoms with Crippen LogP contribution in [0.15, 0.2) is 12.3 Å². The van der Waals surface area contributed by atoms with Crippen LogP contribution in [-0.4, -0.2) is 26.0 Å². The summed E-state index contributed by atoms with van der Waals surface area (Å²) in [6, 6.07) is 1.31. The van der Waals surface area contributed by atoms with Gasteiger partial charge >= 0.3 is 0 Å². The van der Waals surface area contributed by atoms with Crippen LogP contribution >= 0.6 is 23.2 Å². The van der Waals surface area contributed by atoms with Gasteiger partial charge in [-0.1, -0.05) is 23.2 Å². The molecule has 19 heavy (non-hydrogen) atoms. The van der Waals surface area contributed by atoms with Crippen molar-refractivity contribution in [3.05, 3.63) is 28.0 Å². The molecule has 0 aliphatic heterocycles. The van der Waals surface area contributed by atoms with Gasteiger partial charge in [-0.15, -0.1) is 4.72 Å². The number of halogens is 2. The summed E-state index contributed by atoms with van der Waals surface area (Å²) in [5, 5.41) is 9.88. The average Bonchev–Trinajstić information content (AvgIpc) is 2.30. The minimum Gasteiger partial charge on any atom is -0.598 e. The maximum atomic E-state index is 12.1. The highest BCUT2D eigenvalue weighted by molar-refractivity contribution is 7.90. The molecular weight excluding hydrogens is 307 g/mol. The first-order chi connectivity index (χ1) is 8.75. The van der Waals surface area contributed by atoms with E-state index in [4.69, 9.17) is 28.3 Å². The molecule has 108 valence electrons. The second-order valence-electron chi connectivity index (χ2n) is 5.10. The van der Waals surface area contributed by atoms with E-state index in [9.17, 15) is 4.55 Å². The number of aromatic nitrogens is 1. The van der Waals surface area contributed by atoms with E-state index >= 15 is 0 Å². The maximum Gasteiger partial charge on any atom is 0.136 e. The van der Waals surface area contributed by atoms with Crippen molar-refractivity contribution in [2.75, 3.05) is 6.61 Å². The maximum absolute atomic E-state index is 12.1. The third kappa shape index (κ3) is 5.10. The van der Waals surface area contributed by atoms with Gasteiger partial charge in [-0.3, -0.25) is 0 Å². The van der Waals surface area contributed by atoms with Crippen molar-refractivity contribution in [2.45, 2.75) is 38.0 Å². The molecule has 2 atom stereocenters. The fraction of sp³-hybridized carbons (Fsp3) is 0.583. The zero-order chi connectivity index (χ0) is 14.6. The molecule has 1 rings (SSSR count). The Hall–Kier alpha value is -0.0400. The van der Waals surface area contributed by atoms with Gasteiger partial charge in [0.1, 0.15) is 9.90 Å². The third-order valence-corrected chi connectivity index (χ3v) is 4.56. The SMILES string of the molecule is CC(C)(C)[S@+]([O-])N[C@@H](CCO)c1cc(Cl)cnc1Cl. The molecule has 0 saturated carbocycles. The van der Waals surface area contributed by atoms with Crippen molar-refractivity contribution in [1.82, 2.24) is 9.71 Å². The Kier molecular flexibility index (Phi) is 6.36. The Morgan fingerprint density at radius 2 is 2.11 bits per heavy atom. The van der Waals surface area contributed by atoms with Gasteiger partial charge < -0.3 is 9.66 Å². The van der Waals surface area contributed by atoms with Crippen LogP contribution in [0.2, 0.25) is 10.2 Å². The minimum absolute atomic E-state index is 0.0537. The van der Waals surface area contributed by atoms with E-state index in [1.54, 1.807) is 6.07 Å². The lowest BCUT2D eigenvalue weighted by Crippen LogP contribution is -2.41. The van der Waals surface area contributed by atoms with E-state index in [0.29, 0.717) is 22.2 Å². The number of aliphatic hydroxyl groups excluding tert-OH is 1. The molecule has 4 nitrogen and oxygen atoms in total. The molecule has 0 bridgehead atoms. The molecule has 0 aliphatic carbocycles. The van der Waals surface area contributed by atoms with Gasteiger partial charge in [-0.2, -0.15) is 0 Å². The fourth-order valence-electron chi connectivity index (χ4n) is 1.40. The van der Waals surface area contributed by atoms with Crippen LogP contribution in [0.4, 0.5) is 0 Å². The lowest BCUT2D eigenvalue weighted by molar-refractivity contribution is 0.272. The smallest absolute Gasteiger partial charge is 0.136 e. The van der Waals surface area contributed by atoms with Crippen molar-refractivity contribution < 1.29 is 9.66 Å². The van der Waals surface area contributed by atoms with Crippen LogP contribution < -0.4 is 4.72 Å². The molecule has 0 saturated heterocycles.